The summed E-state index contributed by atoms with van der Waals surface area (Å²) in [6.07, 6.45) is 2.38. The summed E-state index contributed by atoms with van der Waals surface area (Å²) in [5.74, 6) is -0.0542. The van der Waals surface area contributed by atoms with Gasteiger partial charge in [0.25, 0.3) is 5.91 Å². The molecule has 2 rings (SSSR count). The largest absolute Gasteiger partial charge is 0.368 e. The van der Waals surface area contributed by atoms with E-state index in [1.807, 2.05) is 20.8 Å². The molecule has 3 N–H and O–H groups in total. The molecule has 0 radical (unpaired) electrons. The number of hydrogen-bond acceptors (Lipinski definition) is 4. The summed E-state index contributed by atoms with van der Waals surface area (Å²) in [5, 5.41) is 6.76. The number of primary amides is 1. The smallest absolute Gasteiger partial charge is 0.294 e. The van der Waals surface area contributed by atoms with Gasteiger partial charge in [-0.05, 0) is 19.3 Å². The molecule has 110 valence electrons. The fourth-order valence-electron chi connectivity index (χ4n) is 2.29. The minimum Gasteiger partial charge on any atom is -0.368 e. The van der Waals surface area contributed by atoms with E-state index in [9.17, 15) is 9.59 Å². The van der Waals surface area contributed by atoms with Crippen molar-refractivity contribution in [2.75, 3.05) is 6.54 Å². The number of nitrogens with zero attached hydrogens (tertiary/aromatic N) is 3. The van der Waals surface area contributed by atoms with Crippen LogP contribution in [0.2, 0.25) is 0 Å². The molecule has 0 aliphatic carbocycles. The summed E-state index contributed by atoms with van der Waals surface area (Å²) in [6.45, 7) is 6.46. The van der Waals surface area contributed by atoms with Crippen molar-refractivity contribution >= 4 is 11.8 Å². The molecule has 1 aromatic rings. The number of amides is 2. The van der Waals surface area contributed by atoms with Gasteiger partial charge in [-0.3, -0.25) is 14.7 Å². The Bertz CT molecular complexity index is 517. The van der Waals surface area contributed by atoms with Crippen molar-refractivity contribution in [1.82, 2.24) is 20.1 Å². The Kier molecular flexibility index (Phi) is 3.78. The van der Waals surface area contributed by atoms with Crippen LogP contribution in [0.15, 0.2) is 0 Å². The van der Waals surface area contributed by atoms with Gasteiger partial charge in [0.15, 0.2) is 0 Å². The highest BCUT2D eigenvalue weighted by molar-refractivity contribution is 5.94. The molecule has 1 aromatic heterocycles. The van der Waals surface area contributed by atoms with E-state index in [1.165, 1.54) is 4.90 Å². The number of nitrogens with one attached hydrogen (secondary N) is 1. The van der Waals surface area contributed by atoms with E-state index in [2.05, 4.69) is 15.2 Å². The zero-order valence-corrected chi connectivity index (χ0v) is 12.1. The third-order valence-electron chi connectivity index (χ3n) is 3.48. The highest BCUT2D eigenvalue weighted by Crippen LogP contribution is 2.21. The summed E-state index contributed by atoms with van der Waals surface area (Å²) in [6, 6.07) is -0.548. The monoisotopic (exact) mass is 279 g/mol. The van der Waals surface area contributed by atoms with Gasteiger partial charge >= 0.3 is 0 Å². The Balaban J connectivity index is 2.21. The SMILES string of the molecule is CC(C)(C)c1nc(C(=O)N2CCCCC2C(N)=O)n[nH]1. The third kappa shape index (κ3) is 2.81. The lowest BCUT2D eigenvalue weighted by Crippen LogP contribution is -2.50. The van der Waals surface area contributed by atoms with Gasteiger partial charge in [0.2, 0.25) is 11.7 Å². The molecule has 7 nitrogen and oxygen atoms in total. The predicted octanol–water partition coefficient (Wildman–Crippen LogP) is 0.582. The lowest BCUT2D eigenvalue weighted by atomic mass is 9.96. The highest BCUT2D eigenvalue weighted by atomic mass is 16.2. The quantitative estimate of drug-likeness (QED) is 0.826. The van der Waals surface area contributed by atoms with Crippen LogP contribution < -0.4 is 5.73 Å². The first-order valence-corrected chi connectivity index (χ1v) is 6.84. The molecule has 20 heavy (non-hydrogen) atoms. The number of carbonyl (C=O) groups is 2. The second-order valence-corrected chi connectivity index (χ2v) is 6.17. The number of aromatic amines is 1. The number of piperidine rings is 1. The number of nitrogens with two attached hydrogens (primary N) is 1. The van der Waals surface area contributed by atoms with Crippen LogP contribution in [-0.2, 0) is 10.2 Å². The van der Waals surface area contributed by atoms with Crippen LogP contribution >= 0.6 is 0 Å². The predicted molar refractivity (Wildman–Crippen MR) is 73.0 cm³/mol. The van der Waals surface area contributed by atoms with Gasteiger partial charge in [-0.15, -0.1) is 5.10 Å². The Morgan fingerprint density at radius 2 is 2.05 bits per heavy atom. The van der Waals surface area contributed by atoms with Crippen molar-refractivity contribution in [2.24, 2.45) is 5.73 Å². The normalized spacial score (nSPS) is 19.9. The molecule has 2 heterocycles. The summed E-state index contributed by atoms with van der Waals surface area (Å²) in [5.41, 5.74) is 5.15. The molecule has 1 atom stereocenters. The standard InChI is InChI=1S/C13H21N5O2/c1-13(2,3)12-15-10(16-17-12)11(20)18-7-5-4-6-8(18)9(14)19/h8H,4-7H2,1-3H3,(H2,14,19)(H,15,16,17). The Morgan fingerprint density at radius 1 is 1.35 bits per heavy atom. The topological polar surface area (TPSA) is 105 Å². The van der Waals surface area contributed by atoms with Crippen molar-refractivity contribution in [3.05, 3.63) is 11.6 Å². The molecule has 0 aromatic carbocycles. The molecule has 1 fully saturated rings. The van der Waals surface area contributed by atoms with Gasteiger partial charge in [0, 0.05) is 12.0 Å². The summed E-state index contributed by atoms with van der Waals surface area (Å²) in [4.78, 5) is 29.6. The van der Waals surface area contributed by atoms with Crippen LogP contribution in [0, 0.1) is 0 Å². The van der Waals surface area contributed by atoms with Crippen LogP contribution in [-0.4, -0.2) is 44.5 Å². The first kappa shape index (κ1) is 14.5. The Hall–Kier alpha value is -1.92. The summed E-state index contributed by atoms with van der Waals surface area (Å²) >= 11 is 0. The molecule has 1 unspecified atom stereocenters. The fourth-order valence-corrected chi connectivity index (χ4v) is 2.29. The molecule has 0 bridgehead atoms. The number of H-pyrrole nitrogens is 1. The molecule has 1 aliphatic heterocycles. The lowest BCUT2D eigenvalue weighted by Gasteiger charge is -2.32. The first-order valence-electron chi connectivity index (χ1n) is 6.84. The number of carbonyl (C=O) groups excluding carboxylic acids is 2. The average molecular weight is 279 g/mol. The Morgan fingerprint density at radius 3 is 2.60 bits per heavy atom. The van der Waals surface area contributed by atoms with Gasteiger partial charge < -0.3 is 10.6 Å². The first-order chi connectivity index (χ1) is 9.30. The maximum atomic E-state index is 12.4. The van der Waals surface area contributed by atoms with Gasteiger partial charge in [-0.25, -0.2) is 4.98 Å². The van der Waals surface area contributed by atoms with Gasteiger partial charge in [-0.1, -0.05) is 20.8 Å². The van der Waals surface area contributed by atoms with Crippen molar-refractivity contribution in [3.63, 3.8) is 0 Å². The minimum absolute atomic E-state index is 0.100. The molecule has 0 saturated carbocycles. The van der Waals surface area contributed by atoms with Crippen molar-refractivity contribution < 1.29 is 9.59 Å². The van der Waals surface area contributed by atoms with Crippen LogP contribution in [0.25, 0.3) is 0 Å². The van der Waals surface area contributed by atoms with Crippen molar-refractivity contribution in [2.45, 2.75) is 51.5 Å². The van der Waals surface area contributed by atoms with Crippen molar-refractivity contribution in [1.29, 1.82) is 0 Å². The third-order valence-corrected chi connectivity index (χ3v) is 3.48. The maximum Gasteiger partial charge on any atom is 0.294 e. The fraction of sp³-hybridized carbons (Fsp3) is 0.692. The van der Waals surface area contributed by atoms with Crippen LogP contribution in [0.5, 0.6) is 0 Å². The average Bonchev–Trinajstić information content (AvgIpc) is 2.87. The molecule has 7 heteroatoms. The molecule has 1 saturated heterocycles. The van der Waals surface area contributed by atoms with Crippen LogP contribution in [0.1, 0.15) is 56.5 Å². The van der Waals surface area contributed by atoms with Crippen LogP contribution in [0.3, 0.4) is 0 Å². The van der Waals surface area contributed by atoms with E-state index in [-0.39, 0.29) is 17.1 Å². The zero-order valence-electron chi connectivity index (χ0n) is 12.1. The molecule has 2 amide bonds. The number of aromatic nitrogens is 3. The number of likely N-dealkylation sites (tertiary alicyclic amines) is 1. The second-order valence-electron chi connectivity index (χ2n) is 6.17. The molecular weight excluding hydrogens is 258 g/mol. The maximum absolute atomic E-state index is 12.4. The van der Waals surface area contributed by atoms with E-state index in [1.54, 1.807) is 0 Å². The second kappa shape index (κ2) is 5.22. The van der Waals surface area contributed by atoms with Crippen LogP contribution in [0.4, 0.5) is 0 Å². The summed E-state index contributed by atoms with van der Waals surface area (Å²) < 4.78 is 0. The summed E-state index contributed by atoms with van der Waals surface area (Å²) in [7, 11) is 0. The van der Waals surface area contributed by atoms with E-state index >= 15 is 0 Å². The van der Waals surface area contributed by atoms with E-state index < -0.39 is 11.9 Å². The Labute approximate surface area is 117 Å². The molecule has 1 aliphatic rings. The zero-order chi connectivity index (χ0) is 14.9. The molecule has 0 spiro atoms. The number of hydrogen-bond donors (Lipinski definition) is 2. The lowest BCUT2D eigenvalue weighted by molar-refractivity contribution is -0.123. The van der Waals surface area contributed by atoms with Crippen molar-refractivity contribution in [3.8, 4) is 0 Å². The van der Waals surface area contributed by atoms with Gasteiger partial charge in [0.1, 0.15) is 11.9 Å². The number of rotatable bonds is 2. The van der Waals surface area contributed by atoms with Gasteiger partial charge in [-0.2, -0.15) is 0 Å². The van der Waals surface area contributed by atoms with Gasteiger partial charge in [0.05, 0.1) is 0 Å². The molecular formula is C13H21N5O2. The minimum atomic E-state index is -0.548. The van der Waals surface area contributed by atoms with E-state index in [0.29, 0.717) is 18.8 Å². The van der Waals surface area contributed by atoms with E-state index in [0.717, 1.165) is 12.8 Å². The van der Waals surface area contributed by atoms with E-state index in [4.69, 9.17) is 5.73 Å². The highest BCUT2D eigenvalue weighted by Gasteiger charge is 2.33.